The Kier molecular flexibility index (Phi) is 5.27. The summed E-state index contributed by atoms with van der Waals surface area (Å²) in [4.78, 5) is 27.4. The van der Waals surface area contributed by atoms with Crippen LogP contribution < -0.4 is 5.32 Å². The number of nitrogens with one attached hydrogen (secondary N) is 1. The Bertz CT molecular complexity index is 992. The molecule has 1 heterocycles. The van der Waals surface area contributed by atoms with Crippen LogP contribution in [0.15, 0.2) is 54.2 Å². The normalized spacial score (nSPS) is 20.8. The number of hydrogen-bond acceptors (Lipinski definition) is 3. The molecule has 1 atom stereocenters. The molecule has 1 fully saturated rings. The van der Waals surface area contributed by atoms with Crippen LogP contribution in [0.4, 0.5) is 4.39 Å². The second-order valence-corrected chi connectivity index (χ2v) is 6.79. The highest BCUT2D eigenvalue weighted by Crippen LogP contribution is 2.28. The van der Waals surface area contributed by atoms with E-state index in [-0.39, 0.29) is 29.7 Å². The number of rotatable bonds is 4. The van der Waals surface area contributed by atoms with E-state index in [0.717, 1.165) is 5.56 Å². The zero-order chi connectivity index (χ0) is 20.3. The molecule has 2 amide bonds. The van der Waals surface area contributed by atoms with Crippen molar-refractivity contribution in [2.45, 2.75) is 25.3 Å². The highest BCUT2D eigenvalue weighted by atomic mass is 19.1. The van der Waals surface area contributed by atoms with Crippen LogP contribution in [0.5, 0.6) is 0 Å². The van der Waals surface area contributed by atoms with Crippen molar-refractivity contribution in [3.8, 4) is 6.07 Å². The summed E-state index contributed by atoms with van der Waals surface area (Å²) in [7, 11) is 1.55. The second kappa shape index (κ2) is 7.65. The number of likely N-dealkylation sites (N-methyl/N-ethyl adjacent to an activating group) is 1. The molecule has 1 unspecified atom stereocenters. The number of hydrogen-bond donors (Lipinski definition) is 1. The SMILES string of the molecule is CCC1(Cc2ccc(F)cc2)NC(=O)/C(=C\c2ccccc2C#N)N(C)C1=O. The molecule has 142 valence electrons. The highest BCUT2D eigenvalue weighted by Gasteiger charge is 2.46. The molecule has 0 saturated carbocycles. The molecule has 1 N–H and O–H groups in total. The molecule has 5 nitrogen and oxygen atoms in total. The first-order valence-corrected chi connectivity index (χ1v) is 8.96. The molecule has 0 radical (unpaired) electrons. The summed E-state index contributed by atoms with van der Waals surface area (Å²) in [5.41, 5.74) is 0.818. The van der Waals surface area contributed by atoms with Crippen molar-refractivity contribution in [3.63, 3.8) is 0 Å². The predicted octanol–water partition coefficient (Wildman–Crippen LogP) is 3.02. The van der Waals surface area contributed by atoms with Gasteiger partial charge in [0.2, 0.25) is 0 Å². The summed E-state index contributed by atoms with van der Waals surface area (Å²) < 4.78 is 13.2. The Morgan fingerprint density at radius 3 is 2.50 bits per heavy atom. The maximum absolute atomic E-state index is 13.2. The van der Waals surface area contributed by atoms with Crippen molar-refractivity contribution < 1.29 is 14.0 Å². The zero-order valence-electron chi connectivity index (χ0n) is 15.7. The van der Waals surface area contributed by atoms with Gasteiger partial charge in [-0.3, -0.25) is 9.59 Å². The topological polar surface area (TPSA) is 73.2 Å². The van der Waals surface area contributed by atoms with Crippen LogP contribution in [-0.2, 0) is 16.0 Å². The van der Waals surface area contributed by atoms with E-state index >= 15 is 0 Å². The molecule has 2 aromatic rings. The largest absolute Gasteiger partial charge is 0.336 e. The minimum atomic E-state index is -1.10. The fraction of sp³-hybridized carbons (Fsp3) is 0.227. The minimum Gasteiger partial charge on any atom is -0.336 e. The maximum Gasteiger partial charge on any atom is 0.268 e. The maximum atomic E-state index is 13.2. The van der Waals surface area contributed by atoms with E-state index in [4.69, 9.17) is 0 Å². The number of carbonyl (C=O) groups excluding carboxylic acids is 2. The molecule has 1 saturated heterocycles. The van der Waals surface area contributed by atoms with E-state index in [0.29, 0.717) is 17.5 Å². The summed E-state index contributed by atoms with van der Waals surface area (Å²) >= 11 is 0. The number of benzene rings is 2. The average molecular weight is 377 g/mol. The van der Waals surface area contributed by atoms with E-state index in [1.807, 2.05) is 6.92 Å². The molecule has 1 aliphatic rings. The number of nitriles is 1. The van der Waals surface area contributed by atoms with E-state index in [9.17, 15) is 19.2 Å². The van der Waals surface area contributed by atoms with Gasteiger partial charge in [0.25, 0.3) is 11.8 Å². The Morgan fingerprint density at radius 2 is 1.86 bits per heavy atom. The van der Waals surface area contributed by atoms with E-state index < -0.39 is 5.54 Å². The molecule has 0 aliphatic carbocycles. The van der Waals surface area contributed by atoms with Crippen LogP contribution in [0.1, 0.15) is 30.0 Å². The quantitative estimate of drug-likeness (QED) is 0.833. The minimum absolute atomic E-state index is 0.177. The zero-order valence-corrected chi connectivity index (χ0v) is 15.7. The summed E-state index contributed by atoms with van der Waals surface area (Å²) in [6.45, 7) is 1.83. The van der Waals surface area contributed by atoms with E-state index in [1.165, 1.54) is 17.0 Å². The van der Waals surface area contributed by atoms with Gasteiger partial charge in [-0.15, -0.1) is 0 Å². The first-order valence-electron chi connectivity index (χ1n) is 8.96. The number of nitrogens with zero attached hydrogens (tertiary/aromatic N) is 2. The Hall–Kier alpha value is -3.46. The van der Waals surface area contributed by atoms with E-state index in [1.54, 1.807) is 49.5 Å². The summed E-state index contributed by atoms with van der Waals surface area (Å²) in [6.07, 6.45) is 2.20. The monoisotopic (exact) mass is 377 g/mol. The number of piperazine rings is 1. The van der Waals surface area contributed by atoms with Gasteiger partial charge in [0.05, 0.1) is 11.6 Å². The smallest absolute Gasteiger partial charge is 0.268 e. The molecule has 0 aromatic heterocycles. The van der Waals surface area contributed by atoms with E-state index in [2.05, 4.69) is 11.4 Å². The van der Waals surface area contributed by atoms with Gasteiger partial charge in [-0.1, -0.05) is 37.3 Å². The van der Waals surface area contributed by atoms with Crippen molar-refractivity contribution in [2.24, 2.45) is 0 Å². The average Bonchev–Trinajstić information content (AvgIpc) is 2.71. The molecule has 28 heavy (non-hydrogen) atoms. The lowest BCUT2D eigenvalue weighted by atomic mass is 9.84. The lowest BCUT2D eigenvalue weighted by Crippen LogP contribution is -2.65. The molecule has 1 aliphatic heterocycles. The van der Waals surface area contributed by atoms with Crippen molar-refractivity contribution >= 4 is 17.9 Å². The third-order valence-electron chi connectivity index (χ3n) is 5.06. The number of carbonyl (C=O) groups is 2. The summed E-state index contributed by atoms with van der Waals surface area (Å²) in [6, 6.07) is 14.8. The van der Waals surface area contributed by atoms with Crippen LogP contribution in [0.3, 0.4) is 0 Å². The van der Waals surface area contributed by atoms with Gasteiger partial charge in [-0.2, -0.15) is 5.26 Å². The van der Waals surface area contributed by atoms with Crippen LogP contribution in [0, 0.1) is 17.1 Å². The summed E-state index contributed by atoms with van der Waals surface area (Å²) in [5, 5.41) is 12.1. The molecular weight excluding hydrogens is 357 g/mol. The van der Waals surface area contributed by atoms with Crippen molar-refractivity contribution in [3.05, 3.63) is 76.7 Å². The first kappa shape index (κ1) is 19.3. The molecule has 2 aromatic carbocycles. The van der Waals surface area contributed by atoms with Gasteiger partial charge in [0.15, 0.2) is 0 Å². The molecular formula is C22H20FN3O2. The number of halogens is 1. The van der Waals surface area contributed by atoms with Crippen molar-refractivity contribution in [1.29, 1.82) is 5.26 Å². The Morgan fingerprint density at radius 1 is 1.18 bits per heavy atom. The van der Waals surface area contributed by atoms with Crippen LogP contribution in [0.25, 0.3) is 6.08 Å². The van der Waals surface area contributed by atoms with Crippen LogP contribution in [-0.4, -0.2) is 29.3 Å². The fourth-order valence-electron chi connectivity index (χ4n) is 3.39. The standard InChI is InChI=1S/C22H20FN3O2/c1-3-22(13-15-8-10-18(23)11-9-15)21(28)26(2)19(20(27)25-22)12-16-6-4-5-7-17(16)14-24/h4-12H,3,13H2,1-2H3,(H,25,27)/b19-12+. The van der Waals surface area contributed by atoms with Crippen molar-refractivity contribution in [1.82, 2.24) is 10.2 Å². The van der Waals surface area contributed by atoms with Gasteiger partial charge < -0.3 is 10.2 Å². The fourth-order valence-corrected chi connectivity index (χ4v) is 3.39. The number of amides is 2. The Balaban J connectivity index is 1.95. The van der Waals surface area contributed by atoms with Crippen LogP contribution >= 0.6 is 0 Å². The van der Waals surface area contributed by atoms with Gasteiger partial charge in [0, 0.05) is 13.5 Å². The molecule has 3 rings (SSSR count). The molecule has 0 bridgehead atoms. The van der Waals surface area contributed by atoms with Gasteiger partial charge in [-0.05, 0) is 41.8 Å². The van der Waals surface area contributed by atoms with Crippen molar-refractivity contribution in [2.75, 3.05) is 7.05 Å². The highest BCUT2D eigenvalue weighted by molar-refractivity contribution is 6.09. The van der Waals surface area contributed by atoms with Crippen LogP contribution in [0.2, 0.25) is 0 Å². The van der Waals surface area contributed by atoms with Gasteiger partial charge >= 0.3 is 0 Å². The van der Waals surface area contributed by atoms with Gasteiger partial charge in [-0.25, -0.2) is 4.39 Å². The second-order valence-electron chi connectivity index (χ2n) is 6.79. The summed E-state index contributed by atoms with van der Waals surface area (Å²) in [5.74, 6) is -0.995. The van der Waals surface area contributed by atoms with Gasteiger partial charge in [0.1, 0.15) is 17.1 Å². The Labute approximate surface area is 163 Å². The molecule has 6 heteroatoms. The predicted molar refractivity (Wildman–Crippen MR) is 103 cm³/mol. The first-order chi connectivity index (χ1) is 13.4. The third-order valence-corrected chi connectivity index (χ3v) is 5.06. The lowest BCUT2D eigenvalue weighted by molar-refractivity contribution is -0.144. The lowest BCUT2D eigenvalue weighted by Gasteiger charge is -2.41. The third kappa shape index (κ3) is 3.52. The molecule has 0 spiro atoms.